The van der Waals surface area contributed by atoms with Gasteiger partial charge in [0.05, 0.1) is 0 Å². The Labute approximate surface area is 72.9 Å². The molecule has 0 aliphatic heterocycles. The van der Waals surface area contributed by atoms with Crippen LogP contribution in [0.15, 0.2) is 15.2 Å². The van der Waals surface area contributed by atoms with E-state index in [4.69, 9.17) is 4.42 Å². The number of carbonyl (C=O) groups excluding carboxylic acids is 1. The Kier molecular flexibility index (Phi) is 2.34. The molecular formula is C7H8BrNO2. The molecule has 0 fully saturated rings. The first-order chi connectivity index (χ1) is 5.15. The summed E-state index contributed by atoms with van der Waals surface area (Å²) >= 11 is 3.13. The Bertz CT molecular complexity index is 280. The van der Waals surface area contributed by atoms with Crippen LogP contribution < -0.4 is 5.32 Å². The van der Waals surface area contributed by atoms with Crippen molar-refractivity contribution in [1.82, 2.24) is 5.32 Å². The summed E-state index contributed by atoms with van der Waals surface area (Å²) in [6.07, 6.45) is 0. The number of hydrogen-bond acceptors (Lipinski definition) is 2. The zero-order valence-electron chi connectivity index (χ0n) is 6.27. The van der Waals surface area contributed by atoms with Crippen LogP contribution in [0.25, 0.3) is 0 Å². The molecule has 1 aromatic rings. The maximum Gasteiger partial charge on any atom is 0.287 e. The molecule has 60 valence electrons. The van der Waals surface area contributed by atoms with E-state index in [2.05, 4.69) is 21.2 Å². The standard InChI is InChI=1S/C7H8BrNO2/c1-4-3-5(8)11-6(4)7(10)9-2/h3H,1-2H3,(H,9,10). The second kappa shape index (κ2) is 3.09. The first kappa shape index (κ1) is 8.33. The third kappa shape index (κ3) is 1.63. The van der Waals surface area contributed by atoms with Gasteiger partial charge in [0.15, 0.2) is 10.4 Å². The number of aryl methyl sites for hydroxylation is 1. The van der Waals surface area contributed by atoms with Gasteiger partial charge in [-0.1, -0.05) is 0 Å². The summed E-state index contributed by atoms with van der Waals surface area (Å²) in [7, 11) is 1.57. The molecule has 3 nitrogen and oxygen atoms in total. The molecule has 11 heavy (non-hydrogen) atoms. The molecule has 0 spiro atoms. The van der Waals surface area contributed by atoms with Gasteiger partial charge in [-0.25, -0.2) is 0 Å². The van der Waals surface area contributed by atoms with Crippen LogP contribution in [0.1, 0.15) is 16.1 Å². The van der Waals surface area contributed by atoms with Gasteiger partial charge >= 0.3 is 0 Å². The Morgan fingerprint density at radius 2 is 2.36 bits per heavy atom. The molecule has 0 atom stereocenters. The minimum absolute atomic E-state index is 0.201. The van der Waals surface area contributed by atoms with Crippen LogP contribution in [-0.2, 0) is 0 Å². The largest absolute Gasteiger partial charge is 0.444 e. The number of hydrogen-bond donors (Lipinski definition) is 1. The summed E-state index contributed by atoms with van der Waals surface area (Å²) in [6.45, 7) is 1.82. The molecule has 0 aromatic carbocycles. The minimum Gasteiger partial charge on any atom is -0.444 e. The molecule has 0 radical (unpaired) electrons. The Morgan fingerprint density at radius 3 is 2.73 bits per heavy atom. The van der Waals surface area contributed by atoms with Gasteiger partial charge in [-0.2, -0.15) is 0 Å². The molecule has 0 unspecified atom stereocenters. The fourth-order valence-electron chi connectivity index (χ4n) is 0.782. The zero-order chi connectivity index (χ0) is 8.43. The van der Waals surface area contributed by atoms with Crippen molar-refractivity contribution in [3.8, 4) is 0 Å². The average Bonchev–Trinajstić information content (AvgIpc) is 2.28. The maximum absolute atomic E-state index is 11.0. The lowest BCUT2D eigenvalue weighted by molar-refractivity contribution is 0.0933. The van der Waals surface area contributed by atoms with Crippen LogP contribution in [0.3, 0.4) is 0 Å². The van der Waals surface area contributed by atoms with Crippen molar-refractivity contribution in [1.29, 1.82) is 0 Å². The van der Waals surface area contributed by atoms with E-state index in [9.17, 15) is 4.79 Å². The lowest BCUT2D eigenvalue weighted by atomic mass is 10.3. The highest BCUT2D eigenvalue weighted by molar-refractivity contribution is 9.10. The molecule has 0 saturated carbocycles. The van der Waals surface area contributed by atoms with Gasteiger partial charge in [-0.15, -0.1) is 0 Å². The van der Waals surface area contributed by atoms with Crippen LogP contribution in [0.2, 0.25) is 0 Å². The SMILES string of the molecule is CNC(=O)c1oc(Br)cc1C. The van der Waals surface area contributed by atoms with E-state index in [1.54, 1.807) is 13.1 Å². The van der Waals surface area contributed by atoms with E-state index in [0.717, 1.165) is 5.56 Å². The fraction of sp³-hybridized carbons (Fsp3) is 0.286. The maximum atomic E-state index is 11.0. The van der Waals surface area contributed by atoms with Crippen LogP contribution in [-0.4, -0.2) is 13.0 Å². The minimum atomic E-state index is -0.201. The second-order valence-electron chi connectivity index (χ2n) is 2.14. The first-order valence-corrected chi connectivity index (χ1v) is 3.92. The summed E-state index contributed by atoms with van der Waals surface area (Å²) in [5, 5.41) is 2.48. The average molecular weight is 218 g/mol. The summed E-state index contributed by atoms with van der Waals surface area (Å²) in [5.74, 6) is 0.160. The van der Waals surface area contributed by atoms with E-state index in [0.29, 0.717) is 10.4 Å². The van der Waals surface area contributed by atoms with E-state index < -0.39 is 0 Å². The highest BCUT2D eigenvalue weighted by Crippen LogP contribution is 2.18. The molecule has 1 N–H and O–H groups in total. The van der Waals surface area contributed by atoms with Gasteiger partial charge in [0.25, 0.3) is 5.91 Å². The molecule has 0 aliphatic carbocycles. The Hall–Kier alpha value is -0.770. The van der Waals surface area contributed by atoms with Crippen LogP contribution >= 0.6 is 15.9 Å². The van der Waals surface area contributed by atoms with Crippen molar-refractivity contribution in [3.63, 3.8) is 0 Å². The van der Waals surface area contributed by atoms with Gasteiger partial charge in [0.1, 0.15) is 0 Å². The van der Waals surface area contributed by atoms with E-state index >= 15 is 0 Å². The highest BCUT2D eigenvalue weighted by atomic mass is 79.9. The molecule has 1 amide bonds. The number of furan rings is 1. The summed E-state index contributed by atoms with van der Waals surface area (Å²) in [6, 6.07) is 1.75. The number of carbonyl (C=O) groups is 1. The lowest BCUT2D eigenvalue weighted by Gasteiger charge is -1.94. The van der Waals surface area contributed by atoms with E-state index in [1.165, 1.54) is 0 Å². The molecular weight excluding hydrogens is 210 g/mol. The Morgan fingerprint density at radius 1 is 1.73 bits per heavy atom. The predicted octanol–water partition coefficient (Wildman–Crippen LogP) is 1.71. The molecule has 0 aliphatic rings. The van der Waals surface area contributed by atoms with Crippen molar-refractivity contribution in [2.24, 2.45) is 0 Å². The summed E-state index contributed by atoms with van der Waals surface area (Å²) < 4.78 is 5.65. The number of rotatable bonds is 1. The van der Waals surface area contributed by atoms with Crippen molar-refractivity contribution in [2.45, 2.75) is 6.92 Å². The normalized spacial score (nSPS) is 9.73. The van der Waals surface area contributed by atoms with Crippen LogP contribution in [0.5, 0.6) is 0 Å². The Balaban J connectivity index is 3.03. The van der Waals surface area contributed by atoms with Crippen molar-refractivity contribution in [2.75, 3.05) is 7.05 Å². The van der Waals surface area contributed by atoms with Gasteiger partial charge < -0.3 is 9.73 Å². The highest BCUT2D eigenvalue weighted by Gasteiger charge is 2.12. The molecule has 4 heteroatoms. The quantitative estimate of drug-likeness (QED) is 0.779. The molecule has 1 heterocycles. The van der Waals surface area contributed by atoms with Crippen LogP contribution in [0, 0.1) is 6.92 Å². The fourth-order valence-corrected chi connectivity index (χ4v) is 1.29. The summed E-state index contributed by atoms with van der Waals surface area (Å²) in [4.78, 5) is 11.0. The summed E-state index contributed by atoms with van der Waals surface area (Å²) in [5.41, 5.74) is 0.830. The van der Waals surface area contributed by atoms with E-state index in [1.807, 2.05) is 6.92 Å². The molecule has 0 saturated heterocycles. The van der Waals surface area contributed by atoms with Crippen molar-refractivity contribution in [3.05, 3.63) is 22.1 Å². The third-order valence-electron chi connectivity index (χ3n) is 1.32. The number of amides is 1. The smallest absolute Gasteiger partial charge is 0.287 e. The number of nitrogens with one attached hydrogen (secondary N) is 1. The van der Waals surface area contributed by atoms with Crippen LogP contribution in [0.4, 0.5) is 0 Å². The molecule has 1 aromatic heterocycles. The monoisotopic (exact) mass is 217 g/mol. The third-order valence-corrected chi connectivity index (χ3v) is 1.71. The van der Waals surface area contributed by atoms with E-state index in [-0.39, 0.29) is 5.91 Å². The molecule has 1 rings (SSSR count). The van der Waals surface area contributed by atoms with Gasteiger partial charge in [-0.05, 0) is 28.9 Å². The number of halogens is 1. The van der Waals surface area contributed by atoms with Gasteiger partial charge in [0.2, 0.25) is 0 Å². The van der Waals surface area contributed by atoms with Gasteiger partial charge in [0, 0.05) is 12.6 Å². The topological polar surface area (TPSA) is 42.2 Å². The first-order valence-electron chi connectivity index (χ1n) is 3.13. The molecule has 0 bridgehead atoms. The lowest BCUT2D eigenvalue weighted by Crippen LogP contribution is -2.17. The zero-order valence-corrected chi connectivity index (χ0v) is 7.86. The predicted molar refractivity (Wildman–Crippen MR) is 44.5 cm³/mol. The second-order valence-corrected chi connectivity index (χ2v) is 2.92. The van der Waals surface area contributed by atoms with Crippen molar-refractivity contribution < 1.29 is 9.21 Å². The van der Waals surface area contributed by atoms with Gasteiger partial charge in [-0.3, -0.25) is 4.79 Å². The van der Waals surface area contributed by atoms with Crippen molar-refractivity contribution >= 4 is 21.8 Å².